The molecule has 0 radical (unpaired) electrons. The van der Waals surface area contributed by atoms with E-state index in [1.807, 2.05) is 12.1 Å². The topological polar surface area (TPSA) is 54.2 Å². The summed E-state index contributed by atoms with van der Waals surface area (Å²) < 4.78 is 0. The van der Waals surface area contributed by atoms with Crippen molar-refractivity contribution in [3.63, 3.8) is 0 Å². The Morgan fingerprint density at radius 2 is 2.05 bits per heavy atom. The zero-order chi connectivity index (χ0) is 13.9. The Kier molecular flexibility index (Phi) is 4.44. The van der Waals surface area contributed by atoms with Crippen LogP contribution < -0.4 is 11.3 Å². The second-order valence-corrected chi connectivity index (χ2v) is 6.40. The summed E-state index contributed by atoms with van der Waals surface area (Å²) in [6.07, 6.45) is 8.23. The second-order valence-electron chi connectivity index (χ2n) is 5.99. The van der Waals surface area contributed by atoms with E-state index in [1.165, 1.54) is 45.1 Å². The monoisotopic (exact) mass is 294 g/mol. The van der Waals surface area contributed by atoms with Crippen LogP contribution in [0, 0.1) is 5.92 Å². The minimum absolute atomic E-state index is 0.681. The zero-order valence-electron chi connectivity index (χ0n) is 11.8. The van der Waals surface area contributed by atoms with Crippen LogP contribution in [0.4, 0.5) is 5.82 Å². The van der Waals surface area contributed by atoms with E-state index in [2.05, 4.69) is 15.3 Å². The third kappa shape index (κ3) is 2.92. The number of halogens is 1. The molecule has 0 aromatic carbocycles. The van der Waals surface area contributed by atoms with E-state index in [9.17, 15) is 0 Å². The number of nitrogens with zero attached hydrogens (tertiary/aromatic N) is 2. The van der Waals surface area contributed by atoms with Crippen molar-refractivity contribution in [3.8, 4) is 0 Å². The molecule has 1 aromatic rings. The number of rotatable bonds is 4. The lowest BCUT2D eigenvalue weighted by molar-refractivity contribution is 0.181. The maximum atomic E-state index is 6.28. The van der Waals surface area contributed by atoms with Gasteiger partial charge >= 0.3 is 0 Å². The summed E-state index contributed by atoms with van der Waals surface area (Å²) in [5, 5.41) is 0.737. The Morgan fingerprint density at radius 3 is 2.80 bits per heavy atom. The van der Waals surface area contributed by atoms with Crippen LogP contribution in [0.1, 0.15) is 44.2 Å². The van der Waals surface area contributed by atoms with Gasteiger partial charge in [-0.2, -0.15) is 0 Å². The highest BCUT2D eigenvalue weighted by atomic mass is 35.5. The Bertz CT molecular complexity index is 459. The van der Waals surface area contributed by atoms with Gasteiger partial charge in [-0.3, -0.25) is 4.90 Å². The Hall–Kier alpha value is -0.840. The van der Waals surface area contributed by atoms with Crippen LogP contribution in [0.2, 0.25) is 5.02 Å². The smallest absolute Gasteiger partial charge is 0.140 e. The van der Waals surface area contributed by atoms with Crippen molar-refractivity contribution in [1.82, 2.24) is 9.88 Å². The van der Waals surface area contributed by atoms with Gasteiger partial charge in [-0.15, -0.1) is 0 Å². The van der Waals surface area contributed by atoms with Crippen LogP contribution in [0.25, 0.3) is 0 Å². The highest BCUT2D eigenvalue weighted by molar-refractivity contribution is 6.31. The molecule has 4 nitrogen and oxygen atoms in total. The fraction of sp³-hybridized carbons (Fsp3) is 0.667. The fourth-order valence-electron chi connectivity index (χ4n) is 3.79. The predicted octanol–water partition coefficient (Wildman–Crippen LogP) is 3.18. The first-order chi connectivity index (χ1) is 9.78. The number of hydrogen-bond acceptors (Lipinski definition) is 4. The molecule has 0 spiro atoms. The molecule has 1 saturated heterocycles. The van der Waals surface area contributed by atoms with Gasteiger partial charge in [0.2, 0.25) is 0 Å². The van der Waals surface area contributed by atoms with Crippen LogP contribution in [0.3, 0.4) is 0 Å². The molecule has 2 aliphatic rings. The van der Waals surface area contributed by atoms with Gasteiger partial charge in [0.15, 0.2) is 0 Å². The Balaban J connectivity index is 1.72. The van der Waals surface area contributed by atoms with E-state index >= 15 is 0 Å². The van der Waals surface area contributed by atoms with Crippen LogP contribution in [-0.4, -0.2) is 22.5 Å². The SMILES string of the molecule is NNc1ccc(Cl)c(CN2CCCC2C2CCCC2)n1. The number of likely N-dealkylation sites (tertiary alicyclic amines) is 1. The minimum atomic E-state index is 0.681. The molecular weight excluding hydrogens is 272 g/mol. The highest BCUT2D eigenvalue weighted by Crippen LogP contribution is 2.36. The molecule has 1 saturated carbocycles. The van der Waals surface area contributed by atoms with Crippen LogP contribution in [0.5, 0.6) is 0 Å². The molecule has 0 amide bonds. The van der Waals surface area contributed by atoms with E-state index in [0.29, 0.717) is 5.82 Å². The molecule has 2 fully saturated rings. The van der Waals surface area contributed by atoms with E-state index in [4.69, 9.17) is 17.4 Å². The summed E-state index contributed by atoms with van der Waals surface area (Å²) >= 11 is 6.28. The fourth-order valence-corrected chi connectivity index (χ4v) is 3.96. The molecule has 3 N–H and O–H groups in total. The standard InChI is InChI=1S/C15H23ClN4/c16-12-7-8-15(19-17)18-13(12)10-20-9-3-6-14(20)11-4-1-2-5-11/h7-8,11,14H,1-6,9-10,17H2,(H,18,19). The number of hydrazine groups is 1. The minimum Gasteiger partial charge on any atom is -0.308 e. The molecule has 3 rings (SSSR count). The highest BCUT2D eigenvalue weighted by Gasteiger charge is 2.33. The average Bonchev–Trinajstić information content (AvgIpc) is 3.11. The molecule has 110 valence electrons. The van der Waals surface area contributed by atoms with E-state index < -0.39 is 0 Å². The van der Waals surface area contributed by atoms with Crippen molar-refractivity contribution in [3.05, 3.63) is 22.8 Å². The van der Waals surface area contributed by atoms with E-state index in [0.717, 1.165) is 29.2 Å². The number of pyridine rings is 1. The van der Waals surface area contributed by atoms with E-state index in [1.54, 1.807) is 0 Å². The van der Waals surface area contributed by atoms with E-state index in [-0.39, 0.29) is 0 Å². The van der Waals surface area contributed by atoms with Crippen LogP contribution >= 0.6 is 11.6 Å². The number of nitrogen functional groups attached to an aromatic ring is 1. The van der Waals surface area contributed by atoms with Crippen LogP contribution in [0.15, 0.2) is 12.1 Å². The van der Waals surface area contributed by atoms with Crippen molar-refractivity contribution < 1.29 is 0 Å². The largest absolute Gasteiger partial charge is 0.308 e. The van der Waals surface area contributed by atoms with Gasteiger partial charge in [-0.1, -0.05) is 24.4 Å². The van der Waals surface area contributed by atoms with Crippen molar-refractivity contribution in [2.24, 2.45) is 11.8 Å². The van der Waals surface area contributed by atoms with Crippen molar-refractivity contribution >= 4 is 17.4 Å². The third-order valence-electron chi connectivity index (χ3n) is 4.78. The molecule has 0 bridgehead atoms. The number of aromatic nitrogens is 1. The summed E-state index contributed by atoms with van der Waals surface area (Å²) in [5.41, 5.74) is 3.53. The number of anilines is 1. The quantitative estimate of drug-likeness (QED) is 0.661. The summed E-state index contributed by atoms with van der Waals surface area (Å²) in [6, 6.07) is 4.41. The Labute approximate surface area is 125 Å². The first-order valence-corrected chi connectivity index (χ1v) is 8.02. The number of hydrogen-bond donors (Lipinski definition) is 2. The van der Waals surface area contributed by atoms with Crippen molar-refractivity contribution in [2.45, 2.75) is 51.1 Å². The van der Waals surface area contributed by atoms with Crippen LogP contribution in [-0.2, 0) is 6.54 Å². The normalized spacial score (nSPS) is 24.4. The molecule has 2 heterocycles. The first-order valence-electron chi connectivity index (χ1n) is 7.64. The second kappa shape index (κ2) is 6.29. The maximum absolute atomic E-state index is 6.28. The molecule has 1 aliphatic heterocycles. The number of nitrogens with two attached hydrogens (primary N) is 1. The predicted molar refractivity (Wildman–Crippen MR) is 82.4 cm³/mol. The molecule has 5 heteroatoms. The van der Waals surface area contributed by atoms with Gasteiger partial charge in [0.1, 0.15) is 5.82 Å². The summed E-state index contributed by atoms with van der Waals surface area (Å²) in [4.78, 5) is 7.08. The lowest BCUT2D eigenvalue weighted by atomic mass is 9.96. The lowest BCUT2D eigenvalue weighted by Crippen LogP contribution is -2.34. The molecule has 1 atom stereocenters. The summed E-state index contributed by atoms with van der Waals surface area (Å²) in [7, 11) is 0. The average molecular weight is 295 g/mol. The van der Waals surface area contributed by atoms with Gasteiger partial charge in [0.25, 0.3) is 0 Å². The van der Waals surface area contributed by atoms with Gasteiger partial charge in [0.05, 0.1) is 10.7 Å². The van der Waals surface area contributed by atoms with Gasteiger partial charge in [-0.25, -0.2) is 10.8 Å². The van der Waals surface area contributed by atoms with Gasteiger partial charge in [0, 0.05) is 12.6 Å². The molecule has 1 unspecified atom stereocenters. The van der Waals surface area contributed by atoms with Crippen molar-refractivity contribution in [2.75, 3.05) is 12.0 Å². The van der Waals surface area contributed by atoms with Gasteiger partial charge in [-0.05, 0) is 50.3 Å². The van der Waals surface area contributed by atoms with Crippen molar-refractivity contribution in [1.29, 1.82) is 0 Å². The summed E-state index contributed by atoms with van der Waals surface area (Å²) in [6.45, 7) is 2.01. The molecule has 1 aromatic heterocycles. The van der Waals surface area contributed by atoms with Gasteiger partial charge < -0.3 is 5.43 Å². The molecule has 20 heavy (non-hydrogen) atoms. The molecular formula is C15H23ClN4. The zero-order valence-corrected chi connectivity index (χ0v) is 12.6. The lowest BCUT2D eigenvalue weighted by Gasteiger charge is -2.29. The number of nitrogens with one attached hydrogen (secondary N) is 1. The third-order valence-corrected chi connectivity index (χ3v) is 5.12. The summed E-state index contributed by atoms with van der Waals surface area (Å²) in [5.74, 6) is 7.00. The molecule has 1 aliphatic carbocycles. The first kappa shape index (κ1) is 14.1. The maximum Gasteiger partial charge on any atom is 0.140 e. The Morgan fingerprint density at radius 1 is 1.25 bits per heavy atom.